The Labute approximate surface area is 99.1 Å². The second-order valence-corrected chi connectivity index (χ2v) is 4.48. The number of aromatic nitrogens is 2. The predicted octanol–water partition coefficient (Wildman–Crippen LogP) is 2.66. The highest BCUT2D eigenvalue weighted by atomic mass is 32.2. The molecule has 2 N–H and O–H groups in total. The number of hydrogen-bond acceptors (Lipinski definition) is 4. The molecular formula is C12H13N3S. The van der Waals surface area contributed by atoms with Crippen molar-refractivity contribution in [2.75, 3.05) is 5.73 Å². The number of anilines is 1. The SMILES string of the molecule is Cc1cccc(CSc2ccc(N)cn2)n1. The zero-order valence-corrected chi connectivity index (χ0v) is 9.87. The van der Waals surface area contributed by atoms with Crippen LogP contribution in [0.25, 0.3) is 0 Å². The van der Waals surface area contributed by atoms with Gasteiger partial charge in [0, 0.05) is 11.4 Å². The summed E-state index contributed by atoms with van der Waals surface area (Å²) in [7, 11) is 0. The molecule has 2 rings (SSSR count). The lowest BCUT2D eigenvalue weighted by Gasteiger charge is -2.02. The molecule has 0 saturated carbocycles. The molecule has 16 heavy (non-hydrogen) atoms. The number of nitrogens with two attached hydrogens (primary N) is 1. The van der Waals surface area contributed by atoms with Gasteiger partial charge in [-0.3, -0.25) is 4.98 Å². The smallest absolute Gasteiger partial charge is 0.0965 e. The molecule has 2 aromatic heterocycles. The Morgan fingerprint density at radius 2 is 2.12 bits per heavy atom. The van der Waals surface area contributed by atoms with Gasteiger partial charge in [-0.25, -0.2) is 4.98 Å². The summed E-state index contributed by atoms with van der Waals surface area (Å²) in [5.74, 6) is 0.832. The molecule has 0 unspecified atom stereocenters. The lowest BCUT2D eigenvalue weighted by atomic mass is 10.3. The minimum absolute atomic E-state index is 0.693. The maximum atomic E-state index is 5.57. The Morgan fingerprint density at radius 1 is 1.25 bits per heavy atom. The average Bonchev–Trinajstić information content (AvgIpc) is 2.28. The summed E-state index contributed by atoms with van der Waals surface area (Å²) in [4.78, 5) is 8.66. The van der Waals surface area contributed by atoms with Crippen molar-refractivity contribution >= 4 is 17.4 Å². The zero-order chi connectivity index (χ0) is 11.4. The minimum Gasteiger partial charge on any atom is -0.397 e. The van der Waals surface area contributed by atoms with E-state index in [0.717, 1.165) is 22.2 Å². The van der Waals surface area contributed by atoms with Gasteiger partial charge in [0.15, 0.2) is 0 Å². The molecule has 0 amide bonds. The van der Waals surface area contributed by atoms with Crippen LogP contribution in [0.3, 0.4) is 0 Å². The first-order valence-corrected chi connectivity index (χ1v) is 5.99. The zero-order valence-electron chi connectivity index (χ0n) is 9.05. The fourth-order valence-corrected chi connectivity index (χ4v) is 2.05. The summed E-state index contributed by atoms with van der Waals surface area (Å²) in [5, 5.41) is 0.970. The van der Waals surface area contributed by atoms with E-state index in [1.54, 1.807) is 18.0 Å². The van der Waals surface area contributed by atoms with E-state index in [1.807, 2.05) is 37.3 Å². The number of nitrogen functional groups attached to an aromatic ring is 1. The van der Waals surface area contributed by atoms with Gasteiger partial charge in [0.05, 0.1) is 22.6 Å². The highest BCUT2D eigenvalue weighted by Gasteiger charge is 1.98. The van der Waals surface area contributed by atoms with Crippen LogP contribution in [-0.4, -0.2) is 9.97 Å². The molecule has 0 radical (unpaired) electrons. The number of aryl methyl sites for hydroxylation is 1. The molecule has 0 aliphatic heterocycles. The number of hydrogen-bond donors (Lipinski definition) is 1. The van der Waals surface area contributed by atoms with Crippen LogP contribution in [0.15, 0.2) is 41.6 Å². The predicted molar refractivity (Wildman–Crippen MR) is 67.2 cm³/mol. The topological polar surface area (TPSA) is 51.8 Å². The van der Waals surface area contributed by atoms with Crippen LogP contribution in [0.1, 0.15) is 11.4 Å². The first kappa shape index (κ1) is 11.0. The molecule has 0 aliphatic carbocycles. The molecule has 0 aromatic carbocycles. The van der Waals surface area contributed by atoms with Gasteiger partial charge < -0.3 is 5.73 Å². The fraction of sp³-hybridized carbons (Fsp3) is 0.167. The first-order chi connectivity index (χ1) is 7.74. The fourth-order valence-electron chi connectivity index (χ4n) is 1.30. The highest BCUT2D eigenvalue weighted by molar-refractivity contribution is 7.98. The van der Waals surface area contributed by atoms with Gasteiger partial charge in [-0.15, -0.1) is 11.8 Å². The quantitative estimate of drug-likeness (QED) is 0.825. The largest absolute Gasteiger partial charge is 0.397 e. The summed E-state index contributed by atoms with van der Waals surface area (Å²) >= 11 is 1.66. The van der Waals surface area contributed by atoms with Gasteiger partial charge in [0.25, 0.3) is 0 Å². The van der Waals surface area contributed by atoms with Crippen LogP contribution in [-0.2, 0) is 5.75 Å². The number of thioether (sulfide) groups is 1. The van der Waals surface area contributed by atoms with Crippen molar-refractivity contribution in [3.8, 4) is 0 Å². The van der Waals surface area contributed by atoms with Crippen molar-refractivity contribution in [2.45, 2.75) is 17.7 Å². The summed E-state index contributed by atoms with van der Waals surface area (Å²) in [6.07, 6.45) is 1.67. The van der Waals surface area contributed by atoms with E-state index in [-0.39, 0.29) is 0 Å². The molecule has 4 heteroatoms. The second kappa shape index (κ2) is 4.99. The Bertz CT molecular complexity index is 468. The number of nitrogens with zero attached hydrogens (tertiary/aromatic N) is 2. The average molecular weight is 231 g/mol. The first-order valence-electron chi connectivity index (χ1n) is 5.01. The van der Waals surface area contributed by atoms with Crippen molar-refractivity contribution in [3.05, 3.63) is 47.9 Å². The normalized spacial score (nSPS) is 10.3. The molecule has 3 nitrogen and oxygen atoms in total. The van der Waals surface area contributed by atoms with E-state index in [4.69, 9.17) is 5.73 Å². The summed E-state index contributed by atoms with van der Waals surface area (Å²) < 4.78 is 0. The third-order valence-corrected chi connectivity index (χ3v) is 3.05. The molecule has 0 bridgehead atoms. The van der Waals surface area contributed by atoms with Crippen molar-refractivity contribution in [1.82, 2.24) is 9.97 Å². The Balaban J connectivity index is 1.99. The lowest BCUT2D eigenvalue weighted by Crippen LogP contribution is -1.90. The Kier molecular flexibility index (Phi) is 3.41. The van der Waals surface area contributed by atoms with E-state index in [0.29, 0.717) is 5.69 Å². The van der Waals surface area contributed by atoms with E-state index < -0.39 is 0 Å². The molecule has 0 spiro atoms. The molecule has 2 aromatic rings. The van der Waals surface area contributed by atoms with Gasteiger partial charge >= 0.3 is 0 Å². The number of pyridine rings is 2. The second-order valence-electron chi connectivity index (χ2n) is 3.49. The molecule has 0 saturated heterocycles. The summed E-state index contributed by atoms with van der Waals surface area (Å²) in [6, 6.07) is 9.83. The van der Waals surface area contributed by atoms with Gasteiger partial charge in [-0.05, 0) is 31.2 Å². The van der Waals surface area contributed by atoms with Crippen LogP contribution in [0.5, 0.6) is 0 Å². The lowest BCUT2D eigenvalue weighted by molar-refractivity contribution is 1.09. The standard InChI is InChI=1S/C12H13N3S/c1-9-3-2-4-11(15-9)8-16-12-6-5-10(13)7-14-12/h2-7H,8,13H2,1H3. The third-order valence-electron chi connectivity index (χ3n) is 2.07. The molecule has 0 atom stereocenters. The van der Waals surface area contributed by atoms with Crippen molar-refractivity contribution in [2.24, 2.45) is 0 Å². The van der Waals surface area contributed by atoms with Crippen molar-refractivity contribution < 1.29 is 0 Å². The minimum atomic E-state index is 0.693. The highest BCUT2D eigenvalue weighted by Crippen LogP contribution is 2.20. The van der Waals surface area contributed by atoms with Crippen molar-refractivity contribution in [1.29, 1.82) is 0 Å². The van der Waals surface area contributed by atoms with E-state index >= 15 is 0 Å². The Morgan fingerprint density at radius 3 is 2.81 bits per heavy atom. The van der Waals surface area contributed by atoms with Gasteiger partial charge in [0.2, 0.25) is 0 Å². The van der Waals surface area contributed by atoms with E-state index in [2.05, 4.69) is 9.97 Å². The van der Waals surface area contributed by atoms with Crippen molar-refractivity contribution in [3.63, 3.8) is 0 Å². The van der Waals surface area contributed by atoms with Gasteiger partial charge in [-0.1, -0.05) is 6.07 Å². The van der Waals surface area contributed by atoms with Crippen LogP contribution in [0.4, 0.5) is 5.69 Å². The van der Waals surface area contributed by atoms with Crippen LogP contribution < -0.4 is 5.73 Å². The molecule has 2 heterocycles. The summed E-state index contributed by atoms with van der Waals surface area (Å²) in [6.45, 7) is 2.00. The number of rotatable bonds is 3. The molecule has 0 fully saturated rings. The molecule has 0 aliphatic rings. The van der Waals surface area contributed by atoms with Gasteiger partial charge in [0.1, 0.15) is 0 Å². The monoisotopic (exact) mass is 231 g/mol. The van der Waals surface area contributed by atoms with E-state index in [9.17, 15) is 0 Å². The van der Waals surface area contributed by atoms with Crippen LogP contribution >= 0.6 is 11.8 Å². The van der Waals surface area contributed by atoms with Gasteiger partial charge in [-0.2, -0.15) is 0 Å². The molecular weight excluding hydrogens is 218 g/mol. The maximum absolute atomic E-state index is 5.57. The molecule has 82 valence electrons. The van der Waals surface area contributed by atoms with Crippen LogP contribution in [0.2, 0.25) is 0 Å². The summed E-state index contributed by atoms with van der Waals surface area (Å²) in [5.41, 5.74) is 8.38. The maximum Gasteiger partial charge on any atom is 0.0965 e. The Hall–Kier alpha value is -1.55. The van der Waals surface area contributed by atoms with E-state index in [1.165, 1.54) is 0 Å². The van der Waals surface area contributed by atoms with Crippen LogP contribution in [0, 0.1) is 6.92 Å². The third kappa shape index (κ3) is 2.97.